The zero-order valence-electron chi connectivity index (χ0n) is 11.4. The Hall–Kier alpha value is -1.67. The van der Waals surface area contributed by atoms with Crippen molar-refractivity contribution in [3.8, 4) is 0 Å². The number of nitrogens with one attached hydrogen (secondary N) is 2. The Morgan fingerprint density at radius 2 is 2.25 bits per heavy atom. The predicted molar refractivity (Wildman–Crippen MR) is 80.7 cm³/mol. The average molecular weight is 341 g/mol. The van der Waals surface area contributed by atoms with Gasteiger partial charge in [0.2, 0.25) is 0 Å². The SMILES string of the molecule is CN(C)CCn1ncc(NCc2cnc[nH]2)c(Br)c1=O. The van der Waals surface area contributed by atoms with Crippen molar-refractivity contribution in [2.24, 2.45) is 0 Å². The van der Waals surface area contributed by atoms with Gasteiger partial charge < -0.3 is 15.2 Å². The number of hydrogen-bond acceptors (Lipinski definition) is 5. The fraction of sp³-hybridized carbons (Fsp3) is 0.417. The largest absolute Gasteiger partial charge is 0.377 e. The summed E-state index contributed by atoms with van der Waals surface area (Å²) in [6, 6.07) is 0. The van der Waals surface area contributed by atoms with Crippen molar-refractivity contribution in [1.29, 1.82) is 0 Å². The highest BCUT2D eigenvalue weighted by molar-refractivity contribution is 9.10. The number of hydrogen-bond donors (Lipinski definition) is 2. The topological polar surface area (TPSA) is 78.8 Å². The molecule has 0 fully saturated rings. The van der Waals surface area contributed by atoms with Crippen LogP contribution in [-0.4, -0.2) is 45.3 Å². The molecule has 0 aliphatic rings. The highest BCUT2D eigenvalue weighted by atomic mass is 79.9. The molecule has 0 aromatic carbocycles. The molecule has 0 amide bonds. The minimum atomic E-state index is -0.138. The van der Waals surface area contributed by atoms with Crippen LogP contribution in [0, 0.1) is 0 Å². The van der Waals surface area contributed by atoms with E-state index >= 15 is 0 Å². The van der Waals surface area contributed by atoms with Crippen molar-refractivity contribution in [3.63, 3.8) is 0 Å². The summed E-state index contributed by atoms with van der Waals surface area (Å²) in [6.07, 6.45) is 4.99. The third kappa shape index (κ3) is 3.67. The maximum absolute atomic E-state index is 12.1. The van der Waals surface area contributed by atoms with Crippen LogP contribution in [0.4, 0.5) is 5.69 Å². The fourth-order valence-corrected chi connectivity index (χ4v) is 2.06. The maximum Gasteiger partial charge on any atom is 0.283 e. The number of likely N-dealkylation sites (N-methyl/N-ethyl adjacent to an activating group) is 1. The number of imidazole rings is 1. The highest BCUT2D eigenvalue weighted by Gasteiger charge is 2.09. The minimum Gasteiger partial charge on any atom is -0.377 e. The van der Waals surface area contributed by atoms with E-state index in [1.54, 1.807) is 18.7 Å². The van der Waals surface area contributed by atoms with Gasteiger partial charge in [0.05, 0.1) is 37.0 Å². The normalized spacial score (nSPS) is 11.0. The third-order valence-corrected chi connectivity index (χ3v) is 3.53. The smallest absolute Gasteiger partial charge is 0.283 e. The molecular formula is C12H17BrN6O. The van der Waals surface area contributed by atoms with E-state index in [9.17, 15) is 4.79 Å². The van der Waals surface area contributed by atoms with Gasteiger partial charge in [-0.25, -0.2) is 9.67 Å². The van der Waals surface area contributed by atoms with Crippen LogP contribution in [0.3, 0.4) is 0 Å². The van der Waals surface area contributed by atoms with E-state index in [1.165, 1.54) is 4.68 Å². The van der Waals surface area contributed by atoms with Crippen LogP contribution >= 0.6 is 15.9 Å². The molecule has 0 spiro atoms. The molecule has 2 heterocycles. The Morgan fingerprint density at radius 3 is 2.90 bits per heavy atom. The number of rotatable bonds is 6. The molecule has 0 aliphatic carbocycles. The molecular weight excluding hydrogens is 324 g/mol. The lowest BCUT2D eigenvalue weighted by Gasteiger charge is -2.12. The molecule has 2 rings (SSSR count). The fourth-order valence-electron chi connectivity index (χ4n) is 1.61. The third-order valence-electron chi connectivity index (χ3n) is 2.77. The Bertz CT molecular complexity index is 607. The first-order valence-corrected chi connectivity index (χ1v) is 6.98. The first-order valence-electron chi connectivity index (χ1n) is 6.19. The quantitative estimate of drug-likeness (QED) is 0.816. The summed E-state index contributed by atoms with van der Waals surface area (Å²) in [5, 5.41) is 7.31. The van der Waals surface area contributed by atoms with E-state index < -0.39 is 0 Å². The lowest BCUT2D eigenvalue weighted by molar-refractivity contribution is 0.367. The molecule has 2 N–H and O–H groups in total. The maximum atomic E-state index is 12.1. The van der Waals surface area contributed by atoms with Gasteiger partial charge >= 0.3 is 0 Å². The molecule has 0 bridgehead atoms. The zero-order valence-corrected chi connectivity index (χ0v) is 13.0. The van der Waals surface area contributed by atoms with Crippen molar-refractivity contribution in [3.05, 3.63) is 39.2 Å². The Balaban J connectivity index is 2.08. The molecule has 0 aliphatic heterocycles. The van der Waals surface area contributed by atoms with Crippen LogP contribution in [0.5, 0.6) is 0 Å². The molecule has 0 saturated heterocycles. The lowest BCUT2D eigenvalue weighted by atomic mass is 10.4. The monoisotopic (exact) mass is 340 g/mol. The van der Waals surface area contributed by atoms with Gasteiger partial charge in [-0.15, -0.1) is 0 Å². The van der Waals surface area contributed by atoms with Crippen LogP contribution in [0.15, 0.2) is 28.0 Å². The van der Waals surface area contributed by atoms with E-state index in [1.807, 2.05) is 19.0 Å². The van der Waals surface area contributed by atoms with Gasteiger partial charge in [0.1, 0.15) is 4.47 Å². The minimum absolute atomic E-state index is 0.138. The second-order valence-corrected chi connectivity index (χ2v) is 5.43. The highest BCUT2D eigenvalue weighted by Crippen LogP contribution is 2.16. The van der Waals surface area contributed by atoms with Gasteiger partial charge in [-0.1, -0.05) is 0 Å². The second kappa shape index (κ2) is 6.67. The number of aromatic amines is 1. The average Bonchev–Trinajstić information content (AvgIpc) is 2.92. The predicted octanol–water partition coefficient (Wildman–Crippen LogP) is 0.903. The zero-order chi connectivity index (χ0) is 14.5. The molecule has 7 nitrogen and oxygen atoms in total. The summed E-state index contributed by atoms with van der Waals surface area (Å²) >= 11 is 3.33. The Morgan fingerprint density at radius 1 is 1.45 bits per heavy atom. The van der Waals surface area contributed by atoms with Crippen molar-refractivity contribution in [2.45, 2.75) is 13.1 Å². The van der Waals surface area contributed by atoms with E-state index in [2.05, 4.69) is 36.3 Å². The van der Waals surface area contributed by atoms with Crippen molar-refractivity contribution in [2.75, 3.05) is 26.0 Å². The van der Waals surface area contributed by atoms with Crippen LogP contribution in [0.1, 0.15) is 5.69 Å². The molecule has 20 heavy (non-hydrogen) atoms. The number of H-pyrrole nitrogens is 1. The van der Waals surface area contributed by atoms with Gasteiger partial charge in [-0.2, -0.15) is 5.10 Å². The van der Waals surface area contributed by atoms with Crippen LogP contribution in [-0.2, 0) is 13.1 Å². The van der Waals surface area contributed by atoms with Gasteiger partial charge in [0.25, 0.3) is 5.56 Å². The first-order chi connectivity index (χ1) is 9.58. The first kappa shape index (κ1) is 14.7. The van der Waals surface area contributed by atoms with E-state index in [0.717, 1.165) is 12.2 Å². The second-order valence-electron chi connectivity index (χ2n) is 4.63. The van der Waals surface area contributed by atoms with Gasteiger partial charge in [-0.3, -0.25) is 4.79 Å². The molecule has 0 radical (unpaired) electrons. The van der Waals surface area contributed by atoms with Gasteiger partial charge in [0, 0.05) is 12.7 Å². The number of aromatic nitrogens is 4. The van der Waals surface area contributed by atoms with E-state index in [4.69, 9.17) is 0 Å². The number of nitrogens with zero attached hydrogens (tertiary/aromatic N) is 4. The van der Waals surface area contributed by atoms with Crippen molar-refractivity contribution >= 4 is 21.6 Å². The van der Waals surface area contributed by atoms with Gasteiger partial charge in [0.15, 0.2) is 0 Å². The summed E-state index contributed by atoms with van der Waals surface area (Å²) in [7, 11) is 3.92. The van der Waals surface area contributed by atoms with E-state index in [0.29, 0.717) is 23.2 Å². The molecule has 2 aromatic rings. The molecule has 2 aromatic heterocycles. The summed E-state index contributed by atoms with van der Waals surface area (Å²) in [6.45, 7) is 1.88. The van der Waals surface area contributed by atoms with Crippen molar-refractivity contribution in [1.82, 2.24) is 24.6 Å². The molecule has 0 atom stereocenters. The lowest BCUT2D eigenvalue weighted by Crippen LogP contribution is -2.29. The van der Waals surface area contributed by atoms with Gasteiger partial charge in [-0.05, 0) is 30.0 Å². The summed E-state index contributed by atoms with van der Waals surface area (Å²) in [5.41, 5.74) is 1.47. The summed E-state index contributed by atoms with van der Waals surface area (Å²) < 4.78 is 1.94. The molecule has 108 valence electrons. The molecule has 0 unspecified atom stereocenters. The van der Waals surface area contributed by atoms with E-state index in [-0.39, 0.29) is 5.56 Å². The van der Waals surface area contributed by atoms with Crippen LogP contribution in [0.25, 0.3) is 0 Å². The standard InChI is InChI=1S/C12H17BrN6O/c1-18(2)3-4-19-12(20)11(13)10(7-17-19)15-6-9-5-14-8-16-9/h5,7-8,15H,3-4,6H2,1-2H3,(H,14,16). The molecule has 0 saturated carbocycles. The summed E-state index contributed by atoms with van der Waals surface area (Å²) in [5.74, 6) is 0. The summed E-state index contributed by atoms with van der Waals surface area (Å²) in [4.78, 5) is 21.1. The van der Waals surface area contributed by atoms with Crippen LogP contribution in [0.2, 0.25) is 0 Å². The Kier molecular flexibility index (Phi) is 4.91. The molecule has 8 heteroatoms. The number of anilines is 1. The van der Waals surface area contributed by atoms with Crippen molar-refractivity contribution < 1.29 is 0 Å². The Labute approximate surface area is 125 Å². The van der Waals surface area contributed by atoms with Crippen LogP contribution < -0.4 is 10.9 Å². The number of halogens is 1.